The standard InChI is InChI=1S/C14H20O2S/c15-10-6-1-2-7-11-17-12-14(16)13-8-4-3-5-9-13/h3-5,8-9,15H,1-2,6-7,10-12H2. The van der Waals surface area contributed by atoms with Crippen LogP contribution in [-0.2, 0) is 0 Å². The number of aliphatic hydroxyl groups excluding tert-OH is 1. The Hall–Kier alpha value is -0.800. The van der Waals surface area contributed by atoms with Gasteiger partial charge < -0.3 is 5.11 Å². The second-order valence-electron chi connectivity index (χ2n) is 3.98. The average Bonchev–Trinajstić information content (AvgIpc) is 2.38. The molecule has 0 saturated heterocycles. The van der Waals surface area contributed by atoms with Crippen LogP contribution in [-0.4, -0.2) is 29.0 Å². The van der Waals surface area contributed by atoms with Crippen molar-refractivity contribution in [1.29, 1.82) is 0 Å². The molecule has 0 aliphatic rings. The van der Waals surface area contributed by atoms with Crippen LogP contribution < -0.4 is 0 Å². The van der Waals surface area contributed by atoms with Crippen molar-refractivity contribution in [2.45, 2.75) is 25.7 Å². The van der Waals surface area contributed by atoms with Crippen LogP contribution in [0.4, 0.5) is 0 Å². The zero-order valence-corrected chi connectivity index (χ0v) is 10.9. The van der Waals surface area contributed by atoms with E-state index in [1.54, 1.807) is 11.8 Å². The minimum absolute atomic E-state index is 0.214. The number of carbonyl (C=O) groups excluding carboxylic acids is 1. The van der Waals surface area contributed by atoms with E-state index in [4.69, 9.17) is 5.11 Å². The van der Waals surface area contributed by atoms with Crippen LogP contribution in [0.15, 0.2) is 30.3 Å². The van der Waals surface area contributed by atoms with Crippen molar-refractivity contribution in [3.05, 3.63) is 35.9 Å². The predicted molar refractivity (Wildman–Crippen MR) is 73.7 cm³/mol. The van der Waals surface area contributed by atoms with Gasteiger partial charge in [-0.25, -0.2) is 0 Å². The molecule has 0 bridgehead atoms. The van der Waals surface area contributed by atoms with Crippen molar-refractivity contribution in [3.8, 4) is 0 Å². The van der Waals surface area contributed by atoms with Gasteiger partial charge in [0.2, 0.25) is 0 Å². The number of unbranched alkanes of at least 4 members (excludes halogenated alkanes) is 3. The van der Waals surface area contributed by atoms with Gasteiger partial charge in [-0.3, -0.25) is 4.79 Å². The van der Waals surface area contributed by atoms with Gasteiger partial charge in [0.1, 0.15) is 0 Å². The predicted octanol–water partition coefficient (Wildman–Crippen LogP) is 3.16. The molecule has 2 nitrogen and oxygen atoms in total. The first-order chi connectivity index (χ1) is 8.34. The fourth-order valence-corrected chi connectivity index (χ4v) is 2.45. The highest BCUT2D eigenvalue weighted by Crippen LogP contribution is 2.10. The van der Waals surface area contributed by atoms with Crippen LogP contribution in [0.5, 0.6) is 0 Å². The zero-order chi connectivity index (χ0) is 12.3. The van der Waals surface area contributed by atoms with Gasteiger partial charge in [-0.15, -0.1) is 0 Å². The lowest BCUT2D eigenvalue weighted by atomic mass is 10.2. The maximum atomic E-state index is 11.7. The Kier molecular flexibility index (Phi) is 7.76. The van der Waals surface area contributed by atoms with E-state index < -0.39 is 0 Å². The number of Topliss-reactive ketones (excluding diaryl/α,β-unsaturated/α-hetero) is 1. The Morgan fingerprint density at radius 3 is 2.47 bits per heavy atom. The Bertz CT molecular complexity index is 311. The van der Waals surface area contributed by atoms with Gasteiger partial charge in [-0.2, -0.15) is 11.8 Å². The molecular formula is C14H20O2S. The largest absolute Gasteiger partial charge is 0.396 e. The number of carbonyl (C=O) groups is 1. The second kappa shape index (κ2) is 9.25. The molecule has 0 heterocycles. The molecule has 0 saturated carbocycles. The quantitative estimate of drug-likeness (QED) is 0.542. The van der Waals surface area contributed by atoms with Gasteiger partial charge in [-0.05, 0) is 18.6 Å². The van der Waals surface area contributed by atoms with E-state index in [2.05, 4.69) is 0 Å². The lowest BCUT2D eigenvalue weighted by molar-refractivity contribution is 0.102. The summed E-state index contributed by atoms with van der Waals surface area (Å²) >= 11 is 1.70. The fourth-order valence-electron chi connectivity index (χ4n) is 1.54. The van der Waals surface area contributed by atoms with Crippen LogP contribution in [0.25, 0.3) is 0 Å². The van der Waals surface area contributed by atoms with Crippen molar-refractivity contribution in [2.24, 2.45) is 0 Å². The smallest absolute Gasteiger partial charge is 0.172 e. The van der Waals surface area contributed by atoms with Gasteiger partial charge in [0, 0.05) is 12.2 Å². The summed E-state index contributed by atoms with van der Waals surface area (Å²) < 4.78 is 0. The van der Waals surface area contributed by atoms with Crippen LogP contribution >= 0.6 is 11.8 Å². The Morgan fingerprint density at radius 2 is 1.76 bits per heavy atom. The molecule has 17 heavy (non-hydrogen) atoms. The van der Waals surface area contributed by atoms with Crippen LogP contribution in [0, 0.1) is 0 Å². The summed E-state index contributed by atoms with van der Waals surface area (Å²) in [6.45, 7) is 0.291. The number of rotatable bonds is 9. The van der Waals surface area contributed by atoms with Crippen molar-refractivity contribution in [2.75, 3.05) is 18.1 Å². The fraction of sp³-hybridized carbons (Fsp3) is 0.500. The highest BCUT2D eigenvalue weighted by atomic mass is 32.2. The zero-order valence-electron chi connectivity index (χ0n) is 10.1. The molecule has 0 aromatic heterocycles. The lowest BCUT2D eigenvalue weighted by Gasteiger charge is -2.01. The number of hydrogen-bond donors (Lipinski definition) is 1. The number of thioether (sulfide) groups is 1. The Labute approximate surface area is 107 Å². The molecule has 0 amide bonds. The summed E-state index contributed by atoms with van der Waals surface area (Å²) in [4.78, 5) is 11.7. The molecule has 3 heteroatoms. The topological polar surface area (TPSA) is 37.3 Å². The lowest BCUT2D eigenvalue weighted by Crippen LogP contribution is -2.02. The monoisotopic (exact) mass is 252 g/mol. The molecule has 1 N–H and O–H groups in total. The molecule has 1 rings (SSSR count). The SMILES string of the molecule is O=C(CSCCCCCCO)c1ccccc1. The third kappa shape index (κ3) is 6.49. The van der Waals surface area contributed by atoms with Gasteiger partial charge in [-0.1, -0.05) is 43.2 Å². The van der Waals surface area contributed by atoms with Gasteiger partial charge in [0.05, 0.1) is 5.75 Å². The average molecular weight is 252 g/mol. The molecule has 94 valence electrons. The van der Waals surface area contributed by atoms with Gasteiger partial charge >= 0.3 is 0 Å². The molecular weight excluding hydrogens is 232 g/mol. The molecule has 0 spiro atoms. The summed E-state index contributed by atoms with van der Waals surface area (Å²) in [6.07, 6.45) is 4.26. The van der Waals surface area contributed by atoms with E-state index in [0.717, 1.165) is 37.0 Å². The third-order valence-electron chi connectivity index (χ3n) is 2.53. The highest BCUT2D eigenvalue weighted by Gasteiger charge is 2.04. The van der Waals surface area contributed by atoms with Crippen molar-refractivity contribution in [1.82, 2.24) is 0 Å². The van der Waals surface area contributed by atoms with Crippen molar-refractivity contribution >= 4 is 17.5 Å². The molecule has 0 radical (unpaired) electrons. The minimum atomic E-state index is 0.214. The summed E-state index contributed by atoms with van der Waals surface area (Å²) in [5.41, 5.74) is 0.806. The molecule has 1 aromatic rings. The molecule has 0 fully saturated rings. The summed E-state index contributed by atoms with van der Waals surface area (Å²) in [5, 5.41) is 8.62. The van der Waals surface area contributed by atoms with E-state index in [9.17, 15) is 4.79 Å². The first-order valence-corrected chi connectivity index (χ1v) is 7.27. The van der Waals surface area contributed by atoms with Crippen LogP contribution in [0.2, 0.25) is 0 Å². The van der Waals surface area contributed by atoms with Crippen molar-refractivity contribution in [3.63, 3.8) is 0 Å². The molecule has 0 aliphatic carbocycles. The molecule has 1 aromatic carbocycles. The highest BCUT2D eigenvalue weighted by molar-refractivity contribution is 7.99. The first kappa shape index (κ1) is 14.3. The van der Waals surface area contributed by atoms with E-state index in [-0.39, 0.29) is 5.78 Å². The molecule has 0 aliphatic heterocycles. The maximum Gasteiger partial charge on any atom is 0.172 e. The van der Waals surface area contributed by atoms with E-state index in [1.165, 1.54) is 0 Å². The number of hydrogen-bond acceptors (Lipinski definition) is 3. The summed E-state index contributed by atoms with van der Waals surface area (Å²) in [7, 11) is 0. The normalized spacial score (nSPS) is 10.4. The van der Waals surface area contributed by atoms with Crippen LogP contribution in [0.3, 0.4) is 0 Å². The van der Waals surface area contributed by atoms with Crippen LogP contribution in [0.1, 0.15) is 36.0 Å². The Morgan fingerprint density at radius 1 is 1.06 bits per heavy atom. The Balaban J connectivity index is 2.05. The third-order valence-corrected chi connectivity index (χ3v) is 3.57. The second-order valence-corrected chi connectivity index (χ2v) is 5.08. The molecule has 0 atom stereocenters. The number of benzene rings is 1. The minimum Gasteiger partial charge on any atom is -0.396 e. The van der Waals surface area contributed by atoms with E-state index in [0.29, 0.717) is 12.4 Å². The summed E-state index contributed by atoms with van der Waals surface area (Å²) in [6, 6.07) is 9.44. The first-order valence-electron chi connectivity index (χ1n) is 6.11. The van der Waals surface area contributed by atoms with Crippen molar-refractivity contribution < 1.29 is 9.90 Å². The van der Waals surface area contributed by atoms with Gasteiger partial charge in [0.15, 0.2) is 5.78 Å². The van der Waals surface area contributed by atoms with E-state index in [1.807, 2.05) is 30.3 Å². The molecule has 0 unspecified atom stereocenters. The number of aliphatic hydroxyl groups is 1. The maximum absolute atomic E-state index is 11.7. The number of ketones is 1. The van der Waals surface area contributed by atoms with E-state index >= 15 is 0 Å². The summed E-state index contributed by atoms with van der Waals surface area (Å²) in [5.74, 6) is 1.82. The van der Waals surface area contributed by atoms with Gasteiger partial charge in [0.25, 0.3) is 0 Å².